The van der Waals surface area contributed by atoms with Crippen LogP contribution in [0.1, 0.15) is 11.1 Å². The second kappa shape index (κ2) is 10.9. The van der Waals surface area contributed by atoms with Crippen molar-refractivity contribution in [2.75, 3.05) is 20.1 Å². The monoisotopic (exact) mass is 368 g/mol. The van der Waals surface area contributed by atoms with Gasteiger partial charge in [-0.15, -0.1) is 12.4 Å². The summed E-state index contributed by atoms with van der Waals surface area (Å²) in [4.78, 5) is 11.8. The summed E-state index contributed by atoms with van der Waals surface area (Å²) in [6.45, 7) is 1.85. The Morgan fingerprint density at radius 1 is 1.08 bits per heavy atom. The van der Waals surface area contributed by atoms with Gasteiger partial charge in [0.25, 0.3) is 0 Å². The Labute approximate surface area is 154 Å². The molecule has 1 amide bonds. The van der Waals surface area contributed by atoms with Gasteiger partial charge in [0.05, 0.1) is 6.42 Å². The second-order valence-electron chi connectivity index (χ2n) is 5.19. The zero-order chi connectivity index (χ0) is 16.5. The van der Waals surface area contributed by atoms with E-state index >= 15 is 0 Å². The van der Waals surface area contributed by atoms with Gasteiger partial charge in [-0.2, -0.15) is 0 Å². The third kappa shape index (κ3) is 7.21. The molecule has 0 unspecified atom stereocenters. The van der Waals surface area contributed by atoms with Gasteiger partial charge in [-0.25, -0.2) is 0 Å². The first-order valence-electron chi connectivity index (χ1n) is 7.55. The van der Waals surface area contributed by atoms with Crippen molar-refractivity contribution in [3.05, 3.63) is 64.7 Å². The Morgan fingerprint density at radius 2 is 1.83 bits per heavy atom. The molecule has 0 atom stereocenters. The number of benzene rings is 2. The fraction of sp³-hybridized carbons (Fsp3) is 0.278. The van der Waals surface area contributed by atoms with Crippen molar-refractivity contribution >= 4 is 29.9 Å². The quantitative estimate of drug-likeness (QED) is 0.703. The van der Waals surface area contributed by atoms with Gasteiger partial charge in [-0.3, -0.25) is 4.79 Å². The molecule has 2 aromatic carbocycles. The Kier molecular flexibility index (Phi) is 9.23. The van der Waals surface area contributed by atoms with Crippen molar-refractivity contribution in [2.45, 2.75) is 13.0 Å². The van der Waals surface area contributed by atoms with E-state index in [-0.39, 0.29) is 18.3 Å². The van der Waals surface area contributed by atoms with Gasteiger partial charge < -0.3 is 15.4 Å². The second-order valence-corrected chi connectivity index (χ2v) is 5.63. The number of rotatable bonds is 8. The van der Waals surface area contributed by atoms with Gasteiger partial charge in [0, 0.05) is 18.1 Å². The van der Waals surface area contributed by atoms with E-state index in [0.717, 1.165) is 23.4 Å². The lowest BCUT2D eigenvalue weighted by atomic mass is 10.1. The van der Waals surface area contributed by atoms with E-state index in [0.29, 0.717) is 24.6 Å². The standard InChI is InChI=1S/C18H21ClN2O2.ClH/c1-20-9-10-21-18(22)12-15-3-2-4-17(11-15)23-13-14-5-7-16(19)8-6-14;/h2-8,11,20H,9-10,12-13H2,1H3,(H,21,22);1H. The normalized spacial score (nSPS) is 9.92. The van der Waals surface area contributed by atoms with Crippen molar-refractivity contribution in [1.82, 2.24) is 10.6 Å². The molecule has 0 radical (unpaired) electrons. The largest absolute Gasteiger partial charge is 0.489 e. The van der Waals surface area contributed by atoms with Gasteiger partial charge in [0.15, 0.2) is 0 Å². The molecule has 0 fully saturated rings. The summed E-state index contributed by atoms with van der Waals surface area (Å²) in [5.74, 6) is 0.760. The number of likely N-dealkylation sites (N-methyl/N-ethyl adjacent to an activating group) is 1. The van der Waals surface area contributed by atoms with E-state index in [1.807, 2.05) is 55.6 Å². The van der Waals surface area contributed by atoms with Crippen LogP contribution in [0.2, 0.25) is 5.02 Å². The number of hydrogen-bond acceptors (Lipinski definition) is 3. The van der Waals surface area contributed by atoms with E-state index in [4.69, 9.17) is 16.3 Å². The predicted octanol–water partition coefficient (Wildman–Crippen LogP) is 3.22. The van der Waals surface area contributed by atoms with Crippen LogP contribution in [0.4, 0.5) is 0 Å². The first-order chi connectivity index (χ1) is 11.2. The van der Waals surface area contributed by atoms with Gasteiger partial charge in [0.1, 0.15) is 12.4 Å². The number of hydrogen-bond donors (Lipinski definition) is 2. The van der Waals surface area contributed by atoms with Crippen LogP contribution < -0.4 is 15.4 Å². The summed E-state index contributed by atoms with van der Waals surface area (Å²) in [6, 6.07) is 15.1. The van der Waals surface area contributed by atoms with Gasteiger partial charge in [0.2, 0.25) is 5.91 Å². The molecule has 0 saturated carbocycles. The maximum absolute atomic E-state index is 11.8. The van der Waals surface area contributed by atoms with Crippen molar-refractivity contribution in [1.29, 1.82) is 0 Å². The number of ether oxygens (including phenoxy) is 1. The lowest BCUT2D eigenvalue weighted by Crippen LogP contribution is -2.31. The highest BCUT2D eigenvalue weighted by atomic mass is 35.5. The first-order valence-corrected chi connectivity index (χ1v) is 7.92. The van der Waals surface area contributed by atoms with Crippen LogP contribution in [-0.4, -0.2) is 26.0 Å². The van der Waals surface area contributed by atoms with Crippen LogP contribution in [0.3, 0.4) is 0 Å². The van der Waals surface area contributed by atoms with Gasteiger partial charge in [-0.1, -0.05) is 35.9 Å². The molecule has 2 rings (SSSR count). The molecule has 0 aromatic heterocycles. The molecule has 6 heteroatoms. The maximum atomic E-state index is 11.8. The Balaban J connectivity index is 0.00000288. The van der Waals surface area contributed by atoms with Crippen LogP contribution in [0.5, 0.6) is 5.75 Å². The summed E-state index contributed by atoms with van der Waals surface area (Å²) in [5, 5.41) is 6.56. The lowest BCUT2D eigenvalue weighted by Gasteiger charge is -2.09. The number of halogens is 2. The van der Waals surface area contributed by atoms with E-state index in [9.17, 15) is 4.79 Å². The minimum absolute atomic E-state index is 0. The molecule has 0 aliphatic heterocycles. The molecule has 0 aliphatic carbocycles. The molecule has 0 heterocycles. The average molecular weight is 369 g/mol. The molecule has 2 N–H and O–H groups in total. The average Bonchev–Trinajstić information content (AvgIpc) is 2.55. The molecular formula is C18H22Cl2N2O2. The predicted molar refractivity (Wildman–Crippen MR) is 100 cm³/mol. The summed E-state index contributed by atoms with van der Waals surface area (Å²) < 4.78 is 5.77. The van der Waals surface area contributed by atoms with Crippen molar-refractivity contribution < 1.29 is 9.53 Å². The zero-order valence-electron chi connectivity index (χ0n) is 13.5. The highest BCUT2D eigenvalue weighted by Crippen LogP contribution is 2.16. The molecule has 0 spiro atoms. The van der Waals surface area contributed by atoms with Crippen molar-refractivity contribution in [2.24, 2.45) is 0 Å². The smallest absolute Gasteiger partial charge is 0.224 e. The van der Waals surface area contributed by atoms with Gasteiger partial charge in [-0.05, 0) is 42.4 Å². The molecule has 4 nitrogen and oxygen atoms in total. The maximum Gasteiger partial charge on any atom is 0.224 e. The number of carbonyl (C=O) groups is 1. The fourth-order valence-corrected chi connectivity index (χ4v) is 2.19. The van der Waals surface area contributed by atoms with E-state index in [1.165, 1.54) is 0 Å². The minimum atomic E-state index is 0. The highest BCUT2D eigenvalue weighted by molar-refractivity contribution is 6.30. The van der Waals surface area contributed by atoms with Crippen LogP contribution >= 0.6 is 24.0 Å². The summed E-state index contributed by atoms with van der Waals surface area (Å²) in [7, 11) is 1.85. The van der Waals surface area contributed by atoms with E-state index < -0.39 is 0 Å². The summed E-state index contributed by atoms with van der Waals surface area (Å²) in [6.07, 6.45) is 0.349. The zero-order valence-corrected chi connectivity index (χ0v) is 15.1. The van der Waals surface area contributed by atoms with Crippen LogP contribution in [0.15, 0.2) is 48.5 Å². The van der Waals surface area contributed by atoms with Crippen LogP contribution in [0, 0.1) is 0 Å². The molecule has 130 valence electrons. The minimum Gasteiger partial charge on any atom is -0.489 e. The van der Waals surface area contributed by atoms with Crippen LogP contribution in [0.25, 0.3) is 0 Å². The number of nitrogens with one attached hydrogen (secondary N) is 2. The summed E-state index contributed by atoms with van der Waals surface area (Å²) in [5.41, 5.74) is 1.98. The van der Waals surface area contributed by atoms with Crippen molar-refractivity contribution in [3.63, 3.8) is 0 Å². The molecular weight excluding hydrogens is 347 g/mol. The Bertz CT molecular complexity index is 633. The van der Waals surface area contributed by atoms with E-state index in [1.54, 1.807) is 0 Å². The highest BCUT2D eigenvalue weighted by Gasteiger charge is 2.04. The Hall–Kier alpha value is -1.75. The number of amides is 1. The first kappa shape index (κ1) is 20.3. The molecule has 0 aliphatic rings. The number of carbonyl (C=O) groups excluding carboxylic acids is 1. The van der Waals surface area contributed by atoms with E-state index in [2.05, 4.69) is 10.6 Å². The molecule has 0 bridgehead atoms. The van der Waals surface area contributed by atoms with Crippen molar-refractivity contribution in [3.8, 4) is 5.75 Å². The lowest BCUT2D eigenvalue weighted by molar-refractivity contribution is -0.120. The SMILES string of the molecule is CNCCNC(=O)Cc1cccc(OCc2ccc(Cl)cc2)c1.Cl. The topological polar surface area (TPSA) is 50.4 Å². The molecule has 0 saturated heterocycles. The van der Waals surface area contributed by atoms with Crippen LogP contribution in [-0.2, 0) is 17.8 Å². The summed E-state index contributed by atoms with van der Waals surface area (Å²) >= 11 is 5.86. The Morgan fingerprint density at radius 3 is 2.54 bits per heavy atom. The molecule has 24 heavy (non-hydrogen) atoms. The molecule has 2 aromatic rings. The third-order valence-electron chi connectivity index (χ3n) is 3.28. The van der Waals surface area contributed by atoms with Gasteiger partial charge >= 0.3 is 0 Å². The fourth-order valence-electron chi connectivity index (χ4n) is 2.07. The third-order valence-corrected chi connectivity index (χ3v) is 3.53.